The molecule has 0 aliphatic heterocycles. The molecule has 0 aliphatic carbocycles. The Morgan fingerprint density at radius 2 is 0.918 bits per heavy atom. The van der Waals surface area contributed by atoms with Gasteiger partial charge in [0.15, 0.2) is 17.5 Å². The zero-order valence-corrected chi connectivity index (χ0v) is 33.6. The molecule has 0 saturated carbocycles. The summed E-state index contributed by atoms with van der Waals surface area (Å²) in [5, 5.41) is 6.76. The van der Waals surface area contributed by atoms with Crippen LogP contribution in [0.4, 0.5) is 17.1 Å². The van der Waals surface area contributed by atoms with Crippen LogP contribution in [-0.4, -0.2) is 15.0 Å². The van der Waals surface area contributed by atoms with Gasteiger partial charge in [0.05, 0.1) is 0 Å². The molecule has 3 aromatic heterocycles. The predicted molar refractivity (Wildman–Crippen MR) is 254 cm³/mol. The van der Waals surface area contributed by atoms with Crippen LogP contribution in [0, 0.1) is 0 Å². The third kappa shape index (κ3) is 6.04. The van der Waals surface area contributed by atoms with Crippen LogP contribution in [-0.2, 0) is 0 Å². The van der Waals surface area contributed by atoms with E-state index in [0.29, 0.717) is 17.5 Å². The van der Waals surface area contributed by atoms with Crippen LogP contribution in [0.5, 0.6) is 0 Å². The van der Waals surface area contributed by atoms with E-state index in [4.69, 9.17) is 19.4 Å². The smallest absolute Gasteiger partial charge is 0.164 e. The highest BCUT2D eigenvalue weighted by Crippen LogP contribution is 2.44. The summed E-state index contributed by atoms with van der Waals surface area (Å²) in [6.45, 7) is 0. The molecule has 61 heavy (non-hydrogen) atoms. The van der Waals surface area contributed by atoms with Crippen molar-refractivity contribution in [2.45, 2.75) is 0 Å². The zero-order valence-electron chi connectivity index (χ0n) is 32.7. The van der Waals surface area contributed by atoms with E-state index in [0.717, 1.165) is 77.6 Å². The number of furan rings is 1. The Morgan fingerprint density at radius 1 is 0.344 bits per heavy atom. The highest BCUT2D eigenvalue weighted by Gasteiger charge is 2.22. The first kappa shape index (κ1) is 35.1. The Bertz CT molecular complexity index is 3540. The molecule has 9 aromatic carbocycles. The maximum Gasteiger partial charge on any atom is 0.164 e. The molecular weight excluding hydrogens is 765 g/mol. The average molecular weight is 799 g/mol. The first-order chi connectivity index (χ1) is 30.2. The molecule has 0 N–H and O–H groups in total. The van der Waals surface area contributed by atoms with Gasteiger partial charge in [-0.2, -0.15) is 0 Å². The van der Waals surface area contributed by atoms with Gasteiger partial charge in [-0.1, -0.05) is 146 Å². The topological polar surface area (TPSA) is 55.1 Å². The summed E-state index contributed by atoms with van der Waals surface area (Å²) in [7, 11) is 0. The summed E-state index contributed by atoms with van der Waals surface area (Å²) >= 11 is 1.79. The van der Waals surface area contributed by atoms with Crippen molar-refractivity contribution in [2.24, 2.45) is 0 Å². The minimum atomic E-state index is 0.596. The summed E-state index contributed by atoms with van der Waals surface area (Å²) in [4.78, 5) is 17.8. The number of hydrogen-bond donors (Lipinski definition) is 0. The van der Waals surface area contributed by atoms with Crippen molar-refractivity contribution in [3.63, 3.8) is 0 Å². The molecule has 0 fully saturated rings. The van der Waals surface area contributed by atoms with Crippen molar-refractivity contribution in [2.75, 3.05) is 4.90 Å². The lowest BCUT2D eigenvalue weighted by molar-refractivity contribution is 0.669. The molecule has 0 aliphatic rings. The Balaban J connectivity index is 1.02. The van der Waals surface area contributed by atoms with Crippen LogP contribution in [0.2, 0.25) is 0 Å². The molecule has 3 heterocycles. The van der Waals surface area contributed by atoms with E-state index in [1.165, 1.54) is 20.2 Å². The van der Waals surface area contributed by atoms with Gasteiger partial charge in [0.25, 0.3) is 0 Å². The molecule has 0 atom stereocenters. The number of anilines is 3. The number of para-hydroxylation sites is 2. The molecule has 6 heteroatoms. The Kier molecular flexibility index (Phi) is 8.28. The summed E-state index contributed by atoms with van der Waals surface area (Å²) in [5.41, 5.74) is 9.84. The predicted octanol–water partition coefficient (Wildman–Crippen LogP) is 15.4. The van der Waals surface area contributed by atoms with Crippen LogP contribution >= 0.6 is 11.3 Å². The van der Waals surface area contributed by atoms with Gasteiger partial charge in [-0.3, -0.25) is 0 Å². The van der Waals surface area contributed by atoms with E-state index in [1.54, 1.807) is 11.3 Å². The van der Waals surface area contributed by atoms with Crippen LogP contribution in [0.25, 0.3) is 98.2 Å². The maximum atomic E-state index is 6.79. The number of rotatable bonds is 7. The minimum Gasteiger partial charge on any atom is -0.456 e. The number of benzene rings is 9. The van der Waals surface area contributed by atoms with Gasteiger partial charge in [-0.25, -0.2) is 15.0 Å². The standard InChI is InChI=1S/C55H34N4OS/c1-4-15-36(16-5-1)53-56-54(37-29-32-43-42-22-12-13-26-49(42)61-50(43)33-37)58-55(57-53)45-24-14-25-47-52(45)51-44-23-11-10-21-41(44)46(34-48(51)60-47)35-27-30-40(31-28-35)59(38-17-6-2-7-18-38)39-19-8-3-9-20-39/h1-34H. The molecule has 286 valence electrons. The summed E-state index contributed by atoms with van der Waals surface area (Å²) < 4.78 is 9.26. The van der Waals surface area contributed by atoms with Gasteiger partial charge >= 0.3 is 0 Å². The lowest BCUT2D eigenvalue weighted by Crippen LogP contribution is -2.09. The Morgan fingerprint density at radius 3 is 1.66 bits per heavy atom. The molecule has 0 radical (unpaired) electrons. The van der Waals surface area contributed by atoms with Crippen LogP contribution in [0.3, 0.4) is 0 Å². The quantitative estimate of drug-likeness (QED) is 0.161. The fraction of sp³-hybridized carbons (Fsp3) is 0. The number of aromatic nitrogens is 3. The molecule has 0 spiro atoms. The lowest BCUT2D eigenvalue weighted by Gasteiger charge is -2.25. The molecule has 0 saturated heterocycles. The van der Waals surface area contributed by atoms with E-state index < -0.39 is 0 Å². The largest absolute Gasteiger partial charge is 0.456 e. The van der Waals surface area contributed by atoms with Crippen molar-refractivity contribution in [1.29, 1.82) is 0 Å². The van der Waals surface area contributed by atoms with Gasteiger partial charge in [-0.15, -0.1) is 11.3 Å². The van der Waals surface area contributed by atoms with E-state index in [9.17, 15) is 0 Å². The number of hydrogen-bond acceptors (Lipinski definition) is 6. The molecule has 0 unspecified atom stereocenters. The minimum absolute atomic E-state index is 0.596. The zero-order chi connectivity index (χ0) is 40.3. The number of thiophene rings is 1. The molecular formula is C55H34N4OS. The van der Waals surface area contributed by atoms with Gasteiger partial charge in [0, 0.05) is 64.7 Å². The Hall–Kier alpha value is -7.93. The third-order valence-electron chi connectivity index (χ3n) is 11.5. The van der Waals surface area contributed by atoms with Gasteiger partial charge in [0.2, 0.25) is 0 Å². The number of nitrogens with zero attached hydrogens (tertiary/aromatic N) is 4. The van der Waals surface area contributed by atoms with Gasteiger partial charge in [-0.05, 0) is 82.6 Å². The van der Waals surface area contributed by atoms with E-state index >= 15 is 0 Å². The second kappa shape index (κ2) is 14.4. The monoisotopic (exact) mass is 798 g/mol. The highest BCUT2D eigenvalue weighted by atomic mass is 32.1. The van der Waals surface area contributed by atoms with Crippen molar-refractivity contribution in [1.82, 2.24) is 15.0 Å². The molecule has 0 bridgehead atoms. The third-order valence-corrected chi connectivity index (χ3v) is 12.6. The average Bonchev–Trinajstić information content (AvgIpc) is 3.91. The molecule has 5 nitrogen and oxygen atoms in total. The normalized spacial score (nSPS) is 11.6. The Labute approximate surface area is 355 Å². The van der Waals surface area contributed by atoms with Crippen LogP contribution in [0.15, 0.2) is 211 Å². The summed E-state index contributed by atoms with van der Waals surface area (Å²) in [5.74, 6) is 1.84. The van der Waals surface area contributed by atoms with Gasteiger partial charge in [0.1, 0.15) is 11.2 Å². The summed E-state index contributed by atoms with van der Waals surface area (Å²) in [6.07, 6.45) is 0. The van der Waals surface area contributed by atoms with Crippen molar-refractivity contribution in [3.05, 3.63) is 206 Å². The fourth-order valence-corrected chi connectivity index (χ4v) is 9.85. The van der Waals surface area contributed by atoms with E-state index in [-0.39, 0.29) is 0 Å². The van der Waals surface area contributed by atoms with E-state index in [2.05, 4.69) is 169 Å². The molecule has 12 rings (SSSR count). The number of fused-ring (bicyclic) bond motifs is 8. The molecule has 12 aromatic rings. The van der Waals surface area contributed by atoms with E-state index in [1.807, 2.05) is 42.5 Å². The maximum absolute atomic E-state index is 6.79. The van der Waals surface area contributed by atoms with Crippen molar-refractivity contribution in [3.8, 4) is 45.3 Å². The second-order valence-electron chi connectivity index (χ2n) is 15.2. The lowest BCUT2D eigenvalue weighted by atomic mass is 9.93. The second-order valence-corrected chi connectivity index (χ2v) is 16.2. The SMILES string of the molecule is c1ccc(-c2nc(-c3ccc4c(c3)sc3ccccc34)nc(-c3cccc4oc5cc(-c6ccc(N(c7ccccc7)c7ccccc7)cc6)c6ccccc6c5c34)n2)cc1. The van der Waals surface area contributed by atoms with Crippen molar-refractivity contribution >= 4 is 81.3 Å². The first-order valence-corrected chi connectivity index (χ1v) is 21.2. The van der Waals surface area contributed by atoms with Crippen LogP contribution in [0.1, 0.15) is 0 Å². The van der Waals surface area contributed by atoms with Crippen LogP contribution < -0.4 is 4.90 Å². The first-order valence-electron chi connectivity index (χ1n) is 20.3. The fourth-order valence-electron chi connectivity index (χ4n) is 8.70. The summed E-state index contributed by atoms with van der Waals surface area (Å²) in [6, 6.07) is 72.0. The highest BCUT2D eigenvalue weighted by molar-refractivity contribution is 7.25. The van der Waals surface area contributed by atoms with Gasteiger partial charge < -0.3 is 9.32 Å². The molecule has 0 amide bonds. The van der Waals surface area contributed by atoms with Crippen molar-refractivity contribution < 1.29 is 4.42 Å².